The Hall–Kier alpha value is -0.970. The van der Waals surface area contributed by atoms with Crippen LogP contribution in [-0.4, -0.2) is 44.9 Å². The molecule has 0 aliphatic carbocycles. The number of methoxy groups -OCH3 is 2. The third-order valence-electron chi connectivity index (χ3n) is 3.21. The SMILES string of the molecule is COc1cc(C(C(C)CO)N(C)C)c(OC)cc1Cl. The van der Waals surface area contributed by atoms with Crippen molar-refractivity contribution in [2.75, 3.05) is 34.9 Å². The van der Waals surface area contributed by atoms with E-state index in [1.807, 2.05) is 32.0 Å². The van der Waals surface area contributed by atoms with Crippen LogP contribution in [0.25, 0.3) is 0 Å². The highest BCUT2D eigenvalue weighted by atomic mass is 35.5. The Balaban J connectivity index is 3.35. The Labute approximate surface area is 119 Å². The van der Waals surface area contributed by atoms with Gasteiger partial charge in [0.1, 0.15) is 11.5 Å². The van der Waals surface area contributed by atoms with Crippen LogP contribution in [-0.2, 0) is 0 Å². The summed E-state index contributed by atoms with van der Waals surface area (Å²) in [5.41, 5.74) is 0.954. The fourth-order valence-corrected chi connectivity index (χ4v) is 2.54. The summed E-state index contributed by atoms with van der Waals surface area (Å²) in [6.45, 7) is 2.09. The van der Waals surface area contributed by atoms with Crippen molar-refractivity contribution in [3.05, 3.63) is 22.7 Å². The molecular weight excluding hydrogens is 266 g/mol. The molecule has 0 fully saturated rings. The highest BCUT2D eigenvalue weighted by Crippen LogP contribution is 2.39. The van der Waals surface area contributed by atoms with E-state index in [4.69, 9.17) is 21.1 Å². The van der Waals surface area contributed by atoms with E-state index in [2.05, 4.69) is 0 Å². The van der Waals surface area contributed by atoms with Gasteiger partial charge in [-0.25, -0.2) is 0 Å². The zero-order valence-corrected chi connectivity index (χ0v) is 12.9. The van der Waals surface area contributed by atoms with Gasteiger partial charge in [-0.3, -0.25) is 0 Å². The molecule has 0 amide bonds. The van der Waals surface area contributed by atoms with E-state index in [1.165, 1.54) is 0 Å². The quantitative estimate of drug-likeness (QED) is 0.873. The molecule has 19 heavy (non-hydrogen) atoms. The zero-order chi connectivity index (χ0) is 14.6. The molecular formula is C14H22ClNO3. The molecule has 2 unspecified atom stereocenters. The third kappa shape index (κ3) is 3.53. The van der Waals surface area contributed by atoms with Crippen LogP contribution < -0.4 is 9.47 Å². The maximum absolute atomic E-state index is 9.44. The van der Waals surface area contributed by atoms with Crippen LogP contribution in [0.4, 0.5) is 0 Å². The van der Waals surface area contributed by atoms with Crippen LogP contribution in [0.2, 0.25) is 5.02 Å². The minimum atomic E-state index is 0.0196. The predicted octanol–water partition coefficient (Wildman–Crippen LogP) is 2.59. The molecule has 0 bridgehead atoms. The van der Waals surface area contributed by atoms with Gasteiger partial charge >= 0.3 is 0 Å². The van der Waals surface area contributed by atoms with Gasteiger partial charge in [-0.15, -0.1) is 0 Å². The molecule has 1 aromatic rings. The number of aliphatic hydroxyl groups is 1. The normalized spacial score (nSPS) is 14.3. The molecule has 108 valence electrons. The largest absolute Gasteiger partial charge is 0.496 e. The third-order valence-corrected chi connectivity index (χ3v) is 3.50. The minimum absolute atomic E-state index is 0.0196. The first kappa shape index (κ1) is 16.1. The number of hydrogen-bond acceptors (Lipinski definition) is 4. The predicted molar refractivity (Wildman–Crippen MR) is 77.2 cm³/mol. The van der Waals surface area contributed by atoms with E-state index in [9.17, 15) is 5.11 Å². The number of aliphatic hydroxyl groups excluding tert-OH is 1. The Kier molecular flexibility index (Phi) is 5.91. The van der Waals surface area contributed by atoms with Gasteiger partial charge in [-0.1, -0.05) is 18.5 Å². The van der Waals surface area contributed by atoms with Gasteiger partial charge in [0.2, 0.25) is 0 Å². The van der Waals surface area contributed by atoms with Gasteiger partial charge in [0, 0.05) is 24.3 Å². The summed E-state index contributed by atoms with van der Waals surface area (Å²) in [5.74, 6) is 1.37. The van der Waals surface area contributed by atoms with Crippen molar-refractivity contribution in [2.45, 2.75) is 13.0 Å². The number of halogens is 1. The summed E-state index contributed by atoms with van der Waals surface area (Å²) in [4.78, 5) is 2.05. The van der Waals surface area contributed by atoms with E-state index in [0.717, 1.165) is 5.56 Å². The number of rotatable bonds is 6. The lowest BCUT2D eigenvalue weighted by atomic mass is 9.93. The fraction of sp³-hybridized carbons (Fsp3) is 0.571. The van der Waals surface area contributed by atoms with E-state index >= 15 is 0 Å². The monoisotopic (exact) mass is 287 g/mol. The van der Waals surface area contributed by atoms with Crippen molar-refractivity contribution in [1.29, 1.82) is 0 Å². The van der Waals surface area contributed by atoms with E-state index in [-0.39, 0.29) is 18.6 Å². The fourth-order valence-electron chi connectivity index (χ4n) is 2.31. The van der Waals surface area contributed by atoms with Crippen molar-refractivity contribution in [3.8, 4) is 11.5 Å². The number of hydrogen-bond donors (Lipinski definition) is 1. The molecule has 1 N–H and O–H groups in total. The van der Waals surface area contributed by atoms with Crippen LogP contribution in [0, 0.1) is 5.92 Å². The number of benzene rings is 1. The van der Waals surface area contributed by atoms with Gasteiger partial charge in [0.15, 0.2) is 0 Å². The second kappa shape index (κ2) is 6.98. The van der Waals surface area contributed by atoms with Crippen LogP contribution in [0.3, 0.4) is 0 Å². The standard InChI is InChI=1S/C14H22ClNO3/c1-9(8-17)14(16(2)3)10-6-13(19-5)11(15)7-12(10)18-4/h6-7,9,14,17H,8H2,1-5H3. The molecule has 2 atom stereocenters. The van der Waals surface area contributed by atoms with Gasteiger partial charge < -0.3 is 19.5 Å². The Morgan fingerprint density at radius 1 is 1.21 bits per heavy atom. The molecule has 0 aliphatic heterocycles. The highest BCUT2D eigenvalue weighted by Gasteiger charge is 2.25. The van der Waals surface area contributed by atoms with Crippen molar-refractivity contribution in [2.24, 2.45) is 5.92 Å². The molecule has 4 nitrogen and oxygen atoms in total. The molecule has 1 rings (SSSR count). The molecule has 0 aromatic heterocycles. The average Bonchev–Trinajstić information content (AvgIpc) is 2.39. The van der Waals surface area contributed by atoms with Crippen molar-refractivity contribution < 1.29 is 14.6 Å². The summed E-state index contributed by atoms with van der Waals surface area (Å²) < 4.78 is 10.7. The summed E-state index contributed by atoms with van der Waals surface area (Å²) in [7, 11) is 7.13. The van der Waals surface area contributed by atoms with Crippen molar-refractivity contribution in [1.82, 2.24) is 4.90 Å². The molecule has 1 aromatic carbocycles. The minimum Gasteiger partial charge on any atom is -0.496 e. The molecule has 0 radical (unpaired) electrons. The lowest BCUT2D eigenvalue weighted by molar-refractivity contribution is 0.143. The topological polar surface area (TPSA) is 41.9 Å². The second-order valence-electron chi connectivity index (χ2n) is 4.80. The lowest BCUT2D eigenvalue weighted by Gasteiger charge is -2.31. The summed E-state index contributed by atoms with van der Waals surface area (Å²) >= 11 is 6.11. The smallest absolute Gasteiger partial charge is 0.138 e. The summed E-state index contributed by atoms with van der Waals surface area (Å²) in [6.07, 6.45) is 0. The highest BCUT2D eigenvalue weighted by molar-refractivity contribution is 6.32. The number of nitrogens with zero attached hydrogens (tertiary/aromatic N) is 1. The maximum atomic E-state index is 9.44. The van der Waals surface area contributed by atoms with Gasteiger partial charge in [-0.2, -0.15) is 0 Å². The first-order chi connectivity index (χ1) is 8.96. The zero-order valence-electron chi connectivity index (χ0n) is 12.1. The van der Waals surface area contributed by atoms with Crippen LogP contribution >= 0.6 is 11.6 Å². The maximum Gasteiger partial charge on any atom is 0.138 e. The number of ether oxygens (including phenoxy) is 2. The van der Waals surface area contributed by atoms with E-state index in [0.29, 0.717) is 16.5 Å². The second-order valence-corrected chi connectivity index (χ2v) is 5.20. The Morgan fingerprint density at radius 2 is 1.79 bits per heavy atom. The van der Waals surface area contributed by atoms with Crippen molar-refractivity contribution >= 4 is 11.6 Å². The van der Waals surface area contributed by atoms with Crippen LogP contribution in [0.15, 0.2) is 12.1 Å². The van der Waals surface area contributed by atoms with Gasteiger partial charge in [0.05, 0.1) is 19.2 Å². The lowest BCUT2D eigenvalue weighted by Crippen LogP contribution is -2.28. The summed E-state index contributed by atoms with van der Waals surface area (Å²) in [5, 5.41) is 9.95. The molecule has 0 saturated heterocycles. The Morgan fingerprint density at radius 3 is 2.21 bits per heavy atom. The Bertz CT molecular complexity index is 423. The summed E-state index contributed by atoms with van der Waals surface area (Å²) in [6, 6.07) is 3.64. The van der Waals surface area contributed by atoms with E-state index < -0.39 is 0 Å². The van der Waals surface area contributed by atoms with Gasteiger partial charge in [0.25, 0.3) is 0 Å². The average molecular weight is 288 g/mol. The van der Waals surface area contributed by atoms with Crippen LogP contribution in [0.5, 0.6) is 11.5 Å². The first-order valence-electron chi connectivity index (χ1n) is 6.14. The van der Waals surface area contributed by atoms with Gasteiger partial charge in [-0.05, 0) is 26.1 Å². The molecule has 0 aliphatic rings. The van der Waals surface area contributed by atoms with Crippen molar-refractivity contribution in [3.63, 3.8) is 0 Å². The molecule has 0 saturated carbocycles. The first-order valence-corrected chi connectivity index (χ1v) is 6.52. The van der Waals surface area contributed by atoms with Crippen LogP contribution in [0.1, 0.15) is 18.5 Å². The molecule has 5 heteroatoms. The molecule has 0 heterocycles. The van der Waals surface area contributed by atoms with E-state index in [1.54, 1.807) is 20.3 Å². The molecule has 0 spiro atoms.